The van der Waals surface area contributed by atoms with Crippen molar-refractivity contribution in [1.29, 1.82) is 0 Å². The smallest absolute Gasteiger partial charge is 0.191 e. The lowest BCUT2D eigenvalue weighted by Gasteiger charge is -2.10. The average Bonchev–Trinajstić information content (AvgIpc) is 2.93. The lowest BCUT2D eigenvalue weighted by atomic mass is 10.3. The number of guanidine groups is 1. The quantitative estimate of drug-likeness (QED) is 0.303. The molecule has 122 valence electrons. The number of hydrogen-bond donors (Lipinski definition) is 2. The van der Waals surface area contributed by atoms with Crippen molar-refractivity contribution in [3.63, 3.8) is 0 Å². The molecular formula is C14H23IN6S. The Hall–Kier alpha value is -1.03. The topological polar surface area (TPSA) is 66.6 Å². The number of aliphatic imine (C=N–C) groups is 1. The highest BCUT2D eigenvalue weighted by molar-refractivity contribution is 14.0. The van der Waals surface area contributed by atoms with Crippen LogP contribution in [0.4, 0.5) is 0 Å². The van der Waals surface area contributed by atoms with E-state index in [0.29, 0.717) is 6.54 Å². The number of fused-ring (bicyclic) bond motifs is 1. The molecule has 0 aromatic carbocycles. The molecule has 0 bridgehead atoms. The zero-order valence-corrected chi connectivity index (χ0v) is 16.1. The van der Waals surface area contributed by atoms with E-state index in [0.717, 1.165) is 30.4 Å². The van der Waals surface area contributed by atoms with Crippen LogP contribution in [0.1, 0.15) is 18.7 Å². The molecule has 0 aliphatic carbocycles. The van der Waals surface area contributed by atoms with E-state index in [4.69, 9.17) is 0 Å². The molecule has 2 heterocycles. The highest BCUT2D eigenvalue weighted by Crippen LogP contribution is 2.02. The molecule has 22 heavy (non-hydrogen) atoms. The Morgan fingerprint density at radius 3 is 2.91 bits per heavy atom. The lowest BCUT2D eigenvalue weighted by molar-refractivity contribution is 0.720. The summed E-state index contributed by atoms with van der Waals surface area (Å²) in [5.41, 5.74) is 0.856. The Labute approximate surface area is 152 Å². The molecule has 2 rings (SSSR count). The molecule has 0 spiro atoms. The summed E-state index contributed by atoms with van der Waals surface area (Å²) in [6.45, 7) is 1.52. The first-order valence-corrected chi connectivity index (χ1v) is 8.46. The van der Waals surface area contributed by atoms with Gasteiger partial charge in [0.25, 0.3) is 0 Å². The van der Waals surface area contributed by atoms with Crippen LogP contribution in [0.3, 0.4) is 0 Å². The first-order chi connectivity index (χ1) is 10.3. The maximum Gasteiger partial charge on any atom is 0.191 e. The Bertz CT molecular complexity index is 585. The van der Waals surface area contributed by atoms with Gasteiger partial charge in [0.1, 0.15) is 0 Å². The van der Waals surface area contributed by atoms with Crippen LogP contribution in [0.2, 0.25) is 0 Å². The van der Waals surface area contributed by atoms with E-state index in [9.17, 15) is 0 Å². The second-order valence-corrected chi connectivity index (χ2v) is 5.58. The van der Waals surface area contributed by atoms with E-state index < -0.39 is 0 Å². The molecule has 0 unspecified atom stereocenters. The summed E-state index contributed by atoms with van der Waals surface area (Å²) in [4.78, 5) is 4.22. The Morgan fingerprint density at radius 1 is 1.27 bits per heavy atom. The van der Waals surface area contributed by atoms with Crippen molar-refractivity contribution >= 4 is 47.3 Å². The van der Waals surface area contributed by atoms with Crippen molar-refractivity contribution < 1.29 is 0 Å². The van der Waals surface area contributed by atoms with Crippen molar-refractivity contribution in [2.45, 2.75) is 19.4 Å². The first kappa shape index (κ1) is 19.0. The van der Waals surface area contributed by atoms with Crippen LogP contribution in [-0.4, -0.2) is 46.2 Å². The predicted molar refractivity (Wildman–Crippen MR) is 104 cm³/mol. The molecule has 2 aromatic heterocycles. The number of nitrogens with zero attached hydrogens (tertiary/aromatic N) is 4. The minimum atomic E-state index is 0. The summed E-state index contributed by atoms with van der Waals surface area (Å²) >= 11 is 1.88. The maximum absolute atomic E-state index is 4.22. The lowest BCUT2D eigenvalue weighted by Crippen LogP contribution is -2.37. The molecular weight excluding hydrogens is 411 g/mol. The minimum Gasteiger partial charge on any atom is -0.356 e. The van der Waals surface area contributed by atoms with Crippen LogP contribution < -0.4 is 10.6 Å². The molecule has 2 N–H and O–H groups in total. The van der Waals surface area contributed by atoms with Crippen LogP contribution >= 0.6 is 35.7 Å². The summed E-state index contributed by atoms with van der Waals surface area (Å²) in [5.74, 6) is 2.88. The Balaban J connectivity index is 0.00000242. The van der Waals surface area contributed by atoms with Gasteiger partial charge in [0.15, 0.2) is 17.4 Å². The monoisotopic (exact) mass is 434 g/mol. The SMILES string of the molecule is CN=C(NCCCCSC)NCc1nnc2ccccn12.I. The third-order valence-corrected chi connectivity index (χ3v) is 3.79. The highest BCUT2D eigenvalue weighted by Gasteiger charge is 2.05. The fourth-order valence-electron chi connectivity index (χ4n) is 1.97. The van der Waals surface area contributed by atoms with Crippen molar-refractivity contribution in [3.8, 4) is 0 Å². The van der Waals surface area contributed by atoms with Crippen LogP contribution in [0.25, 0.3) is 5.65 Å². The highest BCUT2D eigenvalue weighted by atomic mass is 127. The number of pyridine rings is 1. The average molecular weight is 434 g/mol. The zero-order chi connectivity index (χ0) is 14.9. The number of halogens is 1. The van der Waals surface area contributed by atoms with Gasteiger partial charge in [-0.05, 0) is 37.0 Å². The van der Waals surface area contributed by atoms with Crippen LogP contribution in [0.15, 0.2) is 29.4 Å². The number of nitrogens with one attached hydrogen (secondary N) is 2. The van der Waals surface area contributed by atoms with E-state index in [1.54, 1.807) is 7.05 Å². The summed E-state index contributed by atoms with van der Waals surface area (Å²) in [6.07, 6.45) is 6.47. The second-order valence-electron chi connectivity index (χ2n) is 4.60. The van der Waals surface area contributed by atoms with Gasteiger partial charge in [-0.15, -0.1) is 34.2 Å². The molecule has 2 aromatic rings. The predicted octanol–water partition coefficient (Wildman–Crippen LogP) is 2.16. The van der Waals surface area contributed by atoms with Crippen LogP contribution in [-0.2, 0) is 6.54 Å². The molecule has 0 amide bonds. The summed E-state index contributed by atoms with van der Waals surface area (Å²) in [5, 5.41) is 14.9. The molecule has 0 saturated heterocycles. The van der Waals surface area contributed by atoms with Crippen molar-refractivity contribution in [2.75, 3.05) is 25.6 Å². The molecule has 0 radical (unpaired) electrons. The van der Waals surface area contributed by atoms with Crippen LogP contribution in [0, 0.1) is 0 Å². The van der Waals surface area contributed by atoms with Gasteiger partial charge in [-0.1, -0.05) is 6.07 Å². The van der Waals surface area contributed by atoms with Crippen molar-refractivity contribution in [3.05, 3.63) is 30.2 Å². The van der Waals surface area contributed by atoms with Gasteiger partial charge in [0.05, 0.1) is 6.54 Å². The Morgan fingerprint density at radius 2 is 2.14 bits per heavy atom. The van der Waals surface area contributed by atoms with E-state index >= 15 is 0 Å². The van der Waals surface area contributed by atoms with Gasteiger partial charge in [-0.25, -0.2) is 0 Å². The van der Waals surface area contributed by atoms with Crippen LogP contribution in [0.5, 0.6) is 0 Å². The molecule has 0 fully saturated rings. The van der Waals surface area contributed by atoms with Gasteiger partial charge in [-0.2, -0.15) is 11.8 Å². The van der Waals surface area contributed by atoms with Gasteiger partial charge >= 0.3 is 0 Å². The number of thioether (sulfide) groups is 1. The third kappa shape index (κ3) is 5.64. The Kier molecular flexibility index (Phi) is 9.21. The minimum absolute atomic E-state index is 0. The van der Waals surface area contributed by atoms with E-state index in [2.05, 4.69) is 32.1 Å². The number of aromatic nitrogens is 3. The second kappa shape index (κ2) is 10.7. The molecule has 0 aliphatic heterocycles. The fraction of sp³-hybridized carbons (Fsp3) is 0.500. The molecule has 0 saturated carbocycles. The van der Waals surface area contributed by atoms with E-state index in [1.807, 2.05) is 40.6 Å². The molecule has 0 atom stereocenters. The molecule has 0 aliphatic rings. The normalized spacial score (nSPS) is 11.3. The van der Waals surface area contributed by atoms with Crippen molar-refractivity contribution in [1.82, 2.24) is 25.2 Å². The van der Waals surface area contributed by atoms with Crippen molar-refractivity contribution in [2.24, 2.45) is 4.99 Å². The third-order valence-electron chi connectivity index (χ3n) is 3.09. The maximum atomic E-state index is 4.22. The summed E-state index contributed by atoms with van der Waals surface area (Å²) < 4.78 is 1.97. The van der Waals surface area contributed by atoms with E-state index in [1.165, 1.54) is 12.2 Å². The molecule has 8 heteroatoms. The standard InChI is InChI=1S/C14H22N6S.HI/c1-15-14(16-8-4-6-10-21-2)17-11-13-19-18-12-7-3-5-9-20(12)13;/h3,5,7,9H,4,6,8,10-11H2,1-2H3,(H2,15,16,17);1H. The number of unbranched alkanes of at least 4 members (excludes halogenated alkanes) is 1. The summed E-state index contributed by atoms with van der Waals surface area (Å²) in [7, 11) is 1.78. The zero-order valence-electron chi connectivity index (χ0n) is 13.0. The van der Waals surface area contributed by atoms with Gasteiger partial charge in [0.2, 0.25) is 0 Å². The van der Waals surface area contributed by atoms with Gasteiger partial charge in [-0.3, -0.25) is 9.39 Å². The summed E-state index contributed by atoms with van der Waals surface area (Å²) in [6, 6.07) is 5.87. The number of rotatable bonds is 7. The largest absolute Gasteiger partial charge is 0.356 e. The molecule has 6 nitrogen and oxygen atoms in total. The number of hydrogen-bond acceptors (Lipinski definition) is 4. The van der Waals surface area contributed by atoms with Gasteiger partial charge in [0, 0.05) is 19.8 Å². The first-order valence-electron chi connectivity index (χ1n) is 7.07. The fourth-order valence-corrected chi connectivity index (χ4v) is 2.47. The van der Waals surface area contributed by atoms with Gasteiger partial charge < -0.3 is 10.6 Å². The van der Waals surface area contributed by atoms with E-state index in [-0.39, 0.29) is 24.0 Å².